The Morgan fingerprint density at radius 1 is 1.24 bits per heavy atom. The first kappa shape index (κ1) is 15.5. The number of carbonyl (C=O) groups is 1. The van der Waals surface area contributed by atoms with Crippen LogP contribution in [0.4, 0.5) is 0 Å². The molecule has 4 aromatic rings. The number of hydrogen-bond donors (Lipinski definition) is 1. The van der Waals surface area contributed by atoms with E-state index in [9.17, 15) is 4.79 Å². The van der Waals surface area contributed by atoms with Crippen LogP contribution in [0, 0.1) is 0 Å². The number of aromatic nitrogens is 5. The average molecular weight is 352 g/mol. The lowest BCUT2D eigenvalue weighted by molar-refractivity contribution is 0.0928. The normalized spacial score (nSPS) is 12.4. The Labute approximate surface area is 147 Å². The van der Waals surface area contributed by atoms with E-state index in [-0.39, 0.29) is 11.9 Å². The van der Waals surface area contributed by atoms with Crippen LogP contribution in [0.15, 0.2) is 48.0 Å². The minimum atomic E-state index is -0.287. The van der Waals surface area contributed by atoms with Gasteiger partial charge in [-0.15, -0.1) is 21.5 Å². The fourth-order valence-corrected chi connectivity index (χ4v) is 3.40. The van der Waals surface area contributed by atoms with Gasteiger partial charge in [0, 0.05) is 13.2 Å². The van der Waals surface area contributed by atoms with Crippen molar-refractivity contribution >= 4 is 22.9 Å². The number of nitrogens with one attached hydrogen (secondary N) is 1. The molecule has 0 aromatic carbocycles. The highest BCUT2D eigenvalue weighted by atomic mass is 32.1. The summed E-state index contributed by atoms with van der Waals surface area (Å²) in [5.74, 6) is 0.489. The molecule has 0 saturated carbocycles. The largest absolute Gasteiger partial charge is 0.341 e. The van der Waals surface area contributed by atoms with E-state index in [0.717, 1.165) is 16.2 Å². The van der Waals surface area contributed by atoms with Crippen molar-refractivity contribution < 1.29 is 4.79 Å². The Kier molecular flexibility index (Phi) is 3.81. The Morgan fingerprint density at radius 2 is 2.12 bits per heavy atom. The Balaban J connectivity index is 1.58. The van der Waals surface area contributed by atoms with E-state index in [0.29, 0.717) is 11.5 Å². The number of nitrogens with zero attached hydrogens (tertiary/aromatic N) is 5. The summed E-state index contributed by atoms with van der Waals surface area (Å²) in [4.78, 5) is 13.7. The summed E-state index contributed by atoms with van der Waals surface area (Å²) in [7, 11) is 1.77. The standard InChI is InChI=1S/C17H16N6OS/c1-11(16-20-19-15-7-3-4-8-23(15)16)18-17(24)13-10-12(21-22(13)2)14-6-5-9-25-14/h3-11H,1-2H3,(H,18,24). The molecule has 0 saturated heterocycles. The molecule has 1 unspecified atom stereocenters. The summed E-state index contributed by atoms with van der Waals surface area (Å²) in [6.45, 7) is 1.89. The van der Waals surface area contributed by atoms with Gasteiger partial charge in [0.15, 0.2) is 11.5 Å². The van der Waals surface area contributed by atoms with Crippen LogP contribution in [-0.4, -0.2) is 30.3 Å². The lowest BCUT2D eigenvalue weighted by Crippen LogP contribution is -2.29. The fourth-order valence-electron chi connectivity index (χ4n) is 2.71. The van der Waals surface area contributed by atoms with Crippen LogP contribution >= 0.6 is 11.3 Å². The topological polar surface area (TPSA) is 77.1 Å². The van der Waals surface area contributed by atoms with Gasteiger partial charge in [-0.1, -0.05) is 12.1 Å². The third-order valence-corrected chi connectivity index (χ3v) is 4.85. The molecule has 0 bridgehead atoms. The molecule has 4 heterocycles. The summed E-state index contributed by atoms with van der Waals surface area (Å²) in [5.41, 5.74) is 2.05. The average Bonchev–Trinajstić information content (AvgIpc) is 3.33. The maximum Gasteiger partial charge on any atom is 0.270 e. The van der Waals surface area contributed by atoms with Crippen LogP contribution in [0.5, 0.6) is 0 Å². The van der Waals surface area contributed by atoms with Crippen molar-refractivity contribution in [3.05, 3.63) is 59.5 Å². The summed E-state index contributed by atoms with van der Waals surface area (Å²) in [5, 5.41) is 17.7. The van der Waals surface area contributed by atoms with Gasteiger partial charge in [0.1, 0.15) is 11.4 Å². The first-order valence-electron chi connectivity index (χ1n) is 7.82. The maximum absolute atomic E-state index is 12.7. The van der Waals surface area contributed by atoms with Crippen molar-refractivity contribution in [1.29, 1.82) is 0 Å². The predicted molar refractivity (Wildman–Crippen MR) is 95.4 cm³/mol. The Morgan fingerprint density at radius 3 is 2.92 bits per heavy atom. The van der Waals surface area contributed by atoms with E-state index in [1.165, 1.54) is 0 Å². The molecule has 4 aromatic heterocycles. The number of fused-ring (bicyclic) bond motifs is 1. The van der Waals surface area contributed by atoms with Gasteiger partial charge in [-0.2, -0.15) is 5.10 Å². The van der Waals surface area contributed by atoms with Crippen molar-refractivity contribution in [3.63, 3.8) is 0 Å². The monoisotopic (exact) mass is 352 g/mol. The maximum atomic E-state index is 12.7. The van der Waals surface area contributed by atoms with Crippen LogP contribution < -0.4 is 5.32 Å². The molecule has 0 aliphatic heterocycles. The molecule has 1 amide bonds. The van der Waals surface area contributed by atoms with E-state index < -0.39 is 0 Å². The molecule has 0 aliphatic rings. The zero-order valence-corrected chi connectivity index (χ0v) is 14.6. The number of amides is 1. The quantitative estimate of drug-likeness (QED) is 0.613. The van der Waals surface area contributed by atoms with Crippen LogP contribution in [0.1, 0.15) is 29.3 Å². The van der Waals surface area contributed by atoms with Crippen molar-refractivity contribution in [2.45, 2.75) is 13.0 Å². The molecule has 4 rings (SSSR count). The van der Waals surface area contributed by atoms with E-state index in [1.807, 2.05) is 53.2 Å². The predicted octanol–water partition coefficient (Wildman–Crippen LogP) is 2.68. The minimum Gasteiger partial charge on any atom is -0.341 e. The summed E-state index contributed by atoms with van der Waals surface area (Å²) in [6.07, 6.45) is 1.88. The summed E-state index contributed by atoms with van der Waals surface area (Å²) < 4.78 is 3.46. The molecule has 25 heavy (non-hydrogen) atoms. The number of aryl methyl sites for hydroxylation is 1. The molecule has 126 valence electrons. The fraction of sp³-hybridized carbons (Fsp3) is 0.176. The number of hydrogen-bond acceptors (Lipinski definition) is 5. The van der Waals surface area contributed by atoms with Gasteiger partial charge in [0.05, 0.1) is 10.9 Å². The Bertz CT molecular complexity index is 1030. The summed E-state index contributed by atoms with van der Waals surface area (Å²) in [6, 6.07) is 11.1. The molecular formula is C17H16N6OS. The molecule has 0 spiro atoms. The lowest BCUT2D eigenvalue weighted by atomic mass is 10.2. The van der Waals surface area contributed by atoms with E-state index in [2.05, 4.69) is 20.6 Å². The molecule has 0 aliphatic carbocycles. The highest BCUT2D eigenvalue weighted by molar-refractivity contribution is 7.13. The number of thiophene rings is 1. The van der Waals surface area contributed by atoms with Crippen LogP contribution in [0.3, 0.4) is 0 Å². The van der Waals surface area contributed by atoms with Crippen molar-refractivity contribution in [3.8, 4) is 10.6 Å². The van der Waals surface area contributed by atoms with Crippen molar-refractivity contribution in [2.24, 2.45) is 7.05 Å². The van der Waals surface area contributed by atoms with Gasteiger partial charge >= 0.3 is 0 Å². The number of carbonyl (C=O) groups excluding carboxylic acids is 1. The van der Waals surface area contributed by atoms with E-state index in [4.69, 9.17) is 0 Å². The molecular weight excluding hydrogens is 336 g/mol. The second-order valence-electron chi connectivity index (χ2n) is 5.70. The molecule has 1 atom stereocenters. The van der Waals surface area contributed by atoms with Gasteiger partial charge < -0.3 is 5.32 Å². The first-order valence-corrected chi connectivity index (χ1v) is 8.70. The Hall–Kier alpha value is -3.00. The molecule has 1 N–H and O–H groups in total. The zero-order valence-electron chi connectivity index (χ0n) is 13.7. The second kappa shape index (κ2) is 6.14. The highest BCUT2D eigenvalue weighted by Crippen LogP contribution is 2.24. The molecule has 8 heteroatoms. The van der Waals surface area contributed by atoms with Crippen molar-refractivity contribution in [2.75, 3.05) is 0 Å². The second-order valence-corrected chi connectivity index (χ2v) is 6.65. The lowest BCUT2D eigenvalue weighted by Gasteiger charge is -2.12. The van der Waals surface area contributed by atoms with E-state index >= 15 is 0 Å². The third kappa shape index (κ3) is 2.80. The van der Waals surface area contributed by atoms with Crippen LogP contribution in [0.25, 0.3) is 16.2 Å². The highest BCUT2D eigenvalue weighted by Gasteiger charge is 2.20. The number of pyridine rings is 1. The minimum absolute atomic E-state index is 0.196. The molecule has 7 nitrogen and oxygen atoms in total. The van der Waals surface area contributed by atoms with Gasteiger partial charge in [0.25, 0.3) is 5.91 Å². The smallest absolute Gasteiger partial charge is 0.270 e. The molecule has 0 radical (unpaired) electrons. The van der Waals surface area contributed by atoms with E-state index in [1.54, 1.807) is 29.1 Å². The van der Waals surface area contributed by atoms with Gasteiger partial charge in [-0.05, 0) is 36.6 Å². The third-order valence-electron chi connectivity index (χ3n) is 3.96. The number of rotatable bonds is 4. The zero-order chi connectivity index (χ0) is 17.4. The van der Waals surface area contributed by atoms with Gasteiger partial charge in [0.2, 0.25) is 0 Å². The van der Waals surface area contributed by atoms with Crippen LogP contribution in [-0.2, 0) is 7.05 Å². The van der Waals surface area contributed by atoms with Crippen molar-refractivity contribution in [1.82, 2.24) is 29.7 Å². The molecule has 0 fully saturated rings. The van der Waals surface area contributed by atoms with Gasteiger partial charge in [-0.25, -0.2) is 0 Å². The van der Waals surface area contributed by atoms with Gasteiger partial charge in [-0.3, -0.25) is 13.9 Å². The van der Waals surface area contributed by atoms with Crippen LogP contribution in [0.2, 0.25) is 0 Å². The summed E-state index contributed by atoms with van der Waals surface area (Å²) >= 11 is 1.59. The SMILES string of the molecule is CC(NC(=O)c1cc(-c2cccs2)nn1C)c1nnc2ccccn12. The first-order chi connectivity index (χ1) is 12.1.